The molecule has 1 fully saturated rings. The second-order valence-electron chi connectivity index (χ2n) is 7.98. The van der Waals surface area contributed by atoms with Crippen molar-refractivity contribution in [2.75, 3.05) is 26.2 Å². The Balaban J connectivity index is 1.26. The predicted molar refractivity (Wildman–Crippen MR) is 118 cm³/mol. The molecular weight excluding hydrogens is 374 g/mol. The Kier molecular flexibility index (Phi) is 6.60. The van der Waals surface area contributed by atoms with Crippen LogP contribution in [0.15, 0.2) is 65.2 Å². The second kappa shape index (κ2) is 9.72. The molecule has 1 aliphatic rings. The van der Waals surface area contributed by atoms with Gasteiger partial charge in [-0.25, -0.2) is 4.98 Å². The third-order valence-corrected chi connectivity index (χ3v) is 5.63. The van der Waals surface area contributed by atoms with E-state index < -0.39 is 0 Å². The monoisotopic (exact) mass is 403 g/mol. The molecule has 30 heavy (non-hydrogen) atoms. The van der Waals surface area contributed by atoms with Gasteiger partial charge < -0.3 is 9.32 Å². The molecule has 0 N–H and O–H groups in total. The minimum Gasteiger partial charge on any atom is -0.441 e. The summed E-state index contributed by atoms with van der Waals surface area (Å²) in [7, 11) is 0. The Morgan fingerprint density at radius 3 is 2.60 bits per heavy atom. The van der Waals surface area contributed by atoms with Gasteiger partial charge in [0.2, 0.25) is 5.91 Å². The molecule has 3 aromatic rings. The van der Waals surface area contributed by atoms with Crippen molar-refractivity contribution < 1.29 is 9.21 Å². The molecule has 0 aliphatic carbocycles. The van der Waals surface area contributed by atoms with Gasteiger partial charge in [0.25, 0.3) is 0 Å². The maximum Gasteiger partial charge on any atom is 0.223 e. The number of aromatic nitrogens is 1. The van der Waals surface area contributed by atoms with E-state index in [1.165, 1.54) is 11.1 Å². The van der Waals surface area contributed by atoms with Gasteiger partial charge in [-0.2, -0.15) is 0 Å². The fourth-order valence-electron chi connectivity index (χ4n) is 3.87. The highest BCUT2D eigenvalue weighted by Gasteiger charge is 2.19. The van der Waals surface area contributed by atoms with Crippen LogP contribution in [-0.4, -0.2) is 46.9 Å². The number of aryl methyl sites for hydroxylation is 2. The molecule has 2 aromatic carbocycles. The maximum atomic E-state index is 12.7. The zero-order valence-electron chi connectivity index (χ0n) is 17.6. The molecule has 1 aliphatic heterocycles. The summed E-state index contributed by atoms with van der Waals surface area (Å²) in [5, 5.41) is 0. The first kappa shape index (κ1) is 20.4. The lowest BCUT2D eigenvalue weighted by atomic mass is 10.1. The van der Waals surface area contributed by atoms with Gasteiger partial charge in [-0.15, -0.1) is 0 Å². The van der Waals surface area contributed by atoms with Gasteiger partial charge in [-0.1, -0.05) is 60.2 Å². The quantitative estimate of drug-likeness (QED) is 0.615. The molecule has 0 bridgehead atoms. The van der Waals surface area contributed by atoms with Crippen LogP contribution in [0.1, 0.15) is 29.9 Å². The molecule has 0 atom stereocenters. The number of hydrogen-bond donors (Lipinski definition) is 0. The highest BCUT2D eigenvalue weighted by Crippen LogP contribution is 2.21. The largest absolute Gasteiger partial charge is 0.441 e. The molecule has 156 valence electrons. The van der Waals surface area contributed by atoms with E-state index in [1.807, 2.05) is 23.1 Å². The van der Waals surface area contributed by atoms with Crippen molar-refractivity contribution in [1.29, 1.82) is 0 Å². The number of oxazole rings is 1. The number of carbonyl (C=O) groups excluding carboxylic acids is 1. The number of hydrogen-bond acceptors (Lipinski definition) is 4. The van der Waals surface area contributed by atoms with Crippen LogP contribution in [0.25, 0.3) is 11.3 Å². The van der Waals surface area contributed by atoms with Crippen LogP contribution in [0, 0.1) is 6.92 Å². The first-order valence-corrected chi connectivity index (χ1v) is 10.7. The lowest BCUT2D eigenvalue weighted by molar-refractivity contribution is -0.131. The van der Waals surface area contributed by atoms with Crippen molar-refractivity contribution in [2.24, 2.45) is 0 Å². The third-order valence-electron chi connectivity index (χ3n) is 5.63. The SMILES string of the molecule is Cc1ccc(-c2cnc(CCC(=O)N3CCCN(Cc4ccccc4)CC3)o2)cc1. The van der Waals surface area contributed by atoms with Gasteiger partial charge in [0.15, 0.2) is 11.7 Å². The first-order valence-electron chi connectivity index (χ1n) is 10.7. The topological polar surface area (TPSA) is 49.6 Å². The first-order chi connectivity index (χ1) is 14.7. The maximum absolute atomic E-state index is 12.7. The van der Waals surface area contributed by atoms with Gasteiger partial charge in [-0.3, -0.25) is 9.69 Å². The zero-order valence-corrected chi connectivity index (χ0v) is 17.6. The van der Waals surface area contributed by atoms with Gasteiger partial charge in [0.05, 0.1) is 6.20 Å². The molecular formula is C25H29N3O2. The Morgan fingerprint density at radius 2 is 1.80 bits per heavy atom. The molecule has 0 saturated carbocycles. The molecule has 5 heteroatoms. The van der Waals surface area contributed by atoms with Crippen molar-refractivity contribution >= 4 is 5.91 Å². The molecule has 1 aromatic heterocycles. The molecule has 5 nitrogen and oxygen atoms in total. The minimum atomic E-state index is 0.187. The van der Waals surface area contributed by atoms with E-state index in [-0.39, 0.29) is 5.91 Å². The summed E-state index contributed by atoms with van der Waals surface area (Å²) in [6.07, 6.45) is 3.73. The summed E-state index contributed by atoms with van der Waals surface area (Å²) < 4.78 is 5.87. The molecule has 2 heterocycles. The van der Waals surface area contributed by atoms with E-state index in [9.17, 15) is 4.79 Å². The molecule has 0 radical (unpaired) electrons. The summed E-state index contributed by atoms with van der Waals surface area (Å²) in [5.41, 5.74) is 3.55. The van der Waals surface area contributed by atoms with Crippen molar-refractivity contribution in [3.63, 3.8) is 0 Å². The summed E-state index contributed by atoms with van der Waals surface area (Å²) in [6, 6.07) is 18.7. The Hall–Kier alpha value is -2.92. The van der Waals surface area contributed by atoms with Crippen LogP contribution >= 0.6 is 0 Å². The van der Waals surface area contributed by atoms with E-state index in [1.54, 1.807) is 6.20 Å². The highest BCUT2D eigenvalue weighted by atomic mass is 16.4. The molecule has 1 saturated heterocycles. The lowest BCUT2D eigenvalue weighted by Gasteiger charge is -2.22. The summed E-state index contributed by atoms with van der Waals surface area (Å²) >= 11 is 0. The van der Waals surface area contributed by atoms with Gasteiger partial charge >= 0.3 is 0 Å². The van der Waals surface area contributed by atoms with Crippen molar-refractivity contribution in [2.45, 2.75) is 32.7 Å². The smallest absolute Gasteiger partial charge is 0.223 e. The van der Waals surface area contributed by atoms with E-state index in [0.29, 0.717) is 18.7 Å². The van der Waals surface area contributed by atoms with E-state index >= 15 is 0 Å². The van der Waals surface area contributed by atoms with Crippen LogP contribution in [0.3, 0.4) is 0 Å². The molecule has 4 rings (SSSR count). The number of amides is 1. The summed E-state index contributed by atoms with van der Waals surface area (Å²) in [5.74, 6) is 1.56. The van der Waals surface area contributed by atoms with Crippen LogP contribution in [-0.2, 0) is 17.8 Å². The minimum absolute atomic E-state index is 0.187. The average Bonchev–Trinajstić information content (AvgIpc) is 3.12. The highest BCUT2D eigenvalue weighted by molar-refractivity contribution is 5.76. The lowest BCUT2D eigenvalue weighted by Crippen LogP contribution is -2.35. The van der Waals surface area contributed by atoms with Gasteiger partial charge in [-0.05, 0) is 18.9 Å². The summed E-state index contributed by atoms with van der Waals surface area (Å²) in [6.45, 7) is 6.55. The Morgan fingerprint density at radius 1 is 1.00 bits per heavy atom. The van der Waals surface area contributed by atoms with Crippen LogP contribution < -0.4 is 0 Å². The number of benzene rings is 2. The van der Waals surface area contributed by atoms with Crippen LogP contribution in [0.5, 0.6) is 0 Å². The zero-order chi connectivity index (χ0) is 20.8. The average molecular weight is 404 g/mol. The van der Waals surface area contributed by atoms with Crippen molar-refractivity contribution in [3.05, 3.63) is 77.8 Å². The molecule has 1 amide bonds. The van der Waals surface area contributed by atoms with E-state index in [4.69, 9.17) is 4.42 Å². The van der Waals surface area contributed by atoms with Crippen LogP contribution in [0.2, 0.25) is 0 Å². The Bertz CT molecular complexity index is 950. The third kappa shape index (κ3) is 5.36. The van der Waals surface area contributed by atoms with Gasteiger partial charge in [0, 0.05) is 51.1 Å². The standard InChI is InChI=1S/C25H29N3O2/c1-20-8-10-22(11-9-20)23-18-26-24(30-23)12-13-25(29)28-15-5-14-27(16-17-28)19-21-6-3-2-4-7-21/h2-4,6-11,18H,5,12-17,19H2,1H3. The Labute approximate surface area is 178 Å². The van der Waals surface area contributed by atoms with Crippen molar-refractivity contribution in [1.82, 2.24) is 14.8 Å². The fraction of sp³-hybridized carbons (Fsp3) is 0.360. The number of nitrogens with zero attached hydrogens (tertiary/aromatic N) is 3. The molecule has 0 unspecified atom stereocenters. The van der Waals surface area contributed by atoms with Crippen molar-refractivity contribution in [3.8, 4) is 11.3 Å². The van der Waals surface area contributed by atoms with E-state index in [0.717, 1.165) is 50.5 Å². The fourth-order valence-corrected chi connectivity index (χ4v) is 3.87. The van der Waals surface area contributed by atoms with E-state index in [2.05, 4.69) is 53.2 Å². The number of carbonyl (C=O) groups is 1. The summed E-state index contributed by atoms with van der Waals surface area (Å²) in [4.78, 5) is 21.5. The van der Waals surface area contributed by atoms with Crippen LogP contribution in [0.4, 0.5) is 0 Å². The number of rotatable bonds is 6. The van der Waals surface area contributed by atoms with Gasteiger partial charge in [0.1, 0.15) is 0 Å². The molecule has 0 spiro atoms. The second-order valence-corrected chi connectivity index (χ2v) is 7.98. The predicted octanol–water partition coefficient (Wildman–Crippen LogP) is 4.32. The normalized spacial score (nSPS) is 15.2.